The maximum absolute atomic E-state index is 14.3. The molecule has 0 spiro atoms. The summed E-state index contributed by atoms with van der Waals surface area (Å²) in [5.41, 5.74) is 3.07. The van der Waals surface area contributed by atoms with Gasteiger partial charge in [-0.05, 0) is 61.4 Å². The third-order valence-electron chi connectivity index (χ3n) is 5.53. The molecule has 1 aliphatic rings. The van der Waals surface area contributed by atoms with Crippen LogP contribution in [0.4, 0.5) is 4.39 Å². The van der Waals surface area contributed by atoms with Gasteiger partial charge in [-0.1, -0.05) is 12.1 Å². The maximum Gasteiger partial charge on any atom is 0.127 e. The first kappa shape index (κ1) is 20.0. The van der Waals surface area contributed by atoms with E-state index in [-0.39, 0.29) is 10.6 Å². The first-order valence-electron chi connectivity index (χ1n) is 9.76. The summed E-state index contributed by atoms with van der Waals surface area (Å²) < 4.78 is 27.7. The Bertz CT molecular complexity index is 965. The molecule has 1 saturated heterocycles. The SMILES string of the molecule is CSC1(c2cc(F)cc(OCc3ccc(-n4ccnc4C)cc3)c2)CCOCC1. The van der Waals surface area contributed by atoms with E-state index >= 15 is 0 Å². The third-order valence-corrected chi connectivity index (χ3v) is 6.96. The highest BCUT2D eigenvalue weighted by molar-refractivity contribution is 7.99. The van der Waals surface area contributed by atoms with Gasteiger partial charge in [-0.15, -0.1) is 0 Å². The fourth-order valence-corrected chi connectivity index (χ4v) is 4.72. The number of ether oxygens (including phenoxy) is 2. The average molecular weight is 413 g/mol. The van der Waals surface area contributed by atoms with E-state index < -0.39 is 0 Å². The molecule has 3 aromatic rings. The molecule has 0 radical (unpaired) electrons. The van der Waals surface area contributed by atoms with E-state index in [2.05, 4.69) is 11.2 Å². The van der Waals surface area contributed by atoms with Crippen LogP contribution in [0.15, 0.2) is 54.9 Å². The van der Waals surface area contributed by atoms with Gasteiger partial charge in [-0.2, -0.15) is 11.8 Å². The summed E-state index contributed by atoms with van der Waals surface area (Å²) in [6, 6.07) is 13.2. The smallest absolute Gasteiger partial charge is 0.127 e. The molecule has 1 aliphatic heterocycles. The summed E-state index contributed by atoms with van der Waals surface area (Å²) in [5, 5.41) is 0. The van der Waals surface area contributed by atoms with Crippen LogP contribution >= 0.6 is 11.8 Å². The van der Waals surface area contributed by atoms with Crippen molar-refractivity contribution in [1.82, 2.24) is 9.55 Å². The lowest BCUT2D eigenvalue weighted by atomic mass is 9.90. The summed E-state index contributed by atoms with van der Waals surface area (Å²) >= 11 is 1.77. The van der Waals surface area contributed by atoms with Crippen molar-refractivity contribution in [1.29, 1.82) is 0 Å². The summed E-state index contributed by atoms with van der Waals surface area (Å²) in [6.07, 6.45) is 7.57. The number of aromatic nitrogens is 2. The number of rotatable bonds is 6. The number of nitrogens with zero attached hydrogens (tertiary/aromatic N) is 2. The van der Waals surface area contributed by atoms with Gasteiger partial charge in [0.05, 0.1) is 0 Å². The normalized spacial score (nSPS) is 16.0. The van der Waals surface area contributed by atoms with Gasteiger partial charge in [0.15, 0.2) is 0 Å². The Morgan fingerprint density at radius 2 is 1.93 bits per heavy atom. The Morgan fingerprint density at radius 1 is 1.17 bits per heavy atom. The highest BCUT2D eigenvalue weighted by Crippen LogP contribution is 2.44. The van der Waals surface area contributed by atoms with Crippen molar-refractivity contribution in [3.63, 3.8) is 0 Å². The Labute approximate surface area is 175 Å². The van der Waals surface area contributed by atoms with E-state index in [0.29, 0.717) is 25.6 Å². The van der Waals surface area contributed by atoms with Crippen LogP contribution in [0.2, 0.25) is 0 Å². The fourth-order valence-electron chi connectivity index (χ4n) is 3.79. The number of hydrogen-bond acceptors (Lipinski definition) is 4. The van der Waals surface area contributed by atoms with Crippen LogP contribution < -0.4 is 4.74 Å². The van der Waals surface area contributed by atoms with Gasteiger partial charge < -0.3 is 14.0 Å². The van der Waals surface area contributed by atoms with Gasteiger partial charge in [-0.25, -0.2) is 9.37 Å². The van der Waals surface area contributed by atoms with E-state index in [1.807, 2.05) is 48.0 Å². The summed E-state index contributed by atoms with van der Waals surface area (Å²) in [7, 11) is 0. The molecule has 0 aliphatic carbocycles. The molecule has 0 saturated carbocycles. The van der Waals surface area contributed by atoms with Gasteiger partial charge in [0.25, 0.3) is 0 Å². The first-order chi connectivity index (χ1) is 14.1. The second kappa shape index (κ2) is 8.59. The molecule has 0 unspecified atom stereocenters. The fraction of sp³-hybridized carbons (Fsp3) is 0.348. The predicted octanol–water partition coefficient (Wildman–Crippen LogP) is 5.27. The number of benzene rings is 2. The Balaban J connectivity index is 1.48. The lowest BCUT2D eigenvalue weighted by molar-refractivity contribution is 0.0768. The summed E-state index contributed by atoms with van der Waals surface area (Å²) in [6.45, 7) is 3.77. The quantitative estimate of drug-likeness (QED) is 0.553. The topological polar surface area (TPSA) is 36.3 Å². The van der Waals surface area contributed by atoms with E-state index in [1.54, 1.807) is 24.0 Å². The molecule has 152 valence electrons. The average Bonchev–Trinajstić information content (AvgIpc) is 3.18. The first-order valence-corrected chi connectivity index (χ1v) is 11.0. The van der Waals surface area contributed by atoms with Crippen molar-refractivity contribution in [3.05, 3.63) is 77.6 Å². The zero-order valence-corrected chi connectivity index (χ0v) is 17.5. The molecule has 2 heterocycles. The van der Waals surface area contributed by atoms with Crippen LogP contribution in [0.5, 0.6) is 5.75 Å². The van der Waals surface area contributed by atoms with Crippen molar-refractivity contribution >= 4 is 11.8 Å². The Hall–Kier alpha value is -2.31. The van der Waals surface area contributed by atoms with Crippen molar-refractivity contribution in [2.45, 2.75) is 31.1 Å². The lowest BCUT2D eigenvalue weighted by Crippen LogP contribution is -2.30. The molecule has 0 amide bonds. The lowest BCUT2D eigenvalue weighted by Gasteiger charge is -2.36. The largest absolute Gasteiger partial charge is 0.489 e. The zero-order chi connectivity index (χ0) is 20.3. The highest BCUT2D eigenvalue weighted by atomic mass is 32.2. The van der Waals surface area contributed by atoms with E-state index in [4.69, 9.17) is 9.47 Å². The molecule has 2 aromatic carbocycles. The van der Waals surface area contributed by atoms with Crippen LogP contribution in [-0.4, -0.2) is 29.0 Å². The number of thioether (sulfide) groups is 1. The monoisotopic (exact) mass is 412 g/mol. The summed E-state index contributed by atoms with van der Waals surface area (Å²) in [4.78, 5) is 4.25. The predicted molar refractivity (Wildman–Crippen MR) is 114 cm³/mol. The molecule has 1 aromatic heterocycles. The van der Waals surface area contributed by atoms with Crippen molar-refractivity contribution in [2.24, 2.45) is 0 Å². The molecule has 29 heavy (non-hydrogen) atoms. The highest BCUT2D eigenvalue weighted by Gasteiger charge is 2.34. The molecule has 0 N–H and O–H groups in total. The molecule has 1 fully saturated rings. The number of hydrogen-bond donors (Lipinski definition) is 0. The third kappa shape index (κ3) is 4.33. The molecule has 6 heteroatoms. The molecule has 4 nitrogen and oxygen atoms in total. The van der Waals surface area contributed by atoms with Crippen LogP contribution in [0.3, 0.4) is 0 Å². The molecule has 4 rings (SSSR count). The van der Waals surface area contributed by atoms with E-state index in [0.717, 1.165) is 35.5 Å². The van der Waals surface area contributed by atoms with E-state index in [1.165, 1.54) is 6.07 Å². The van der Waals surface area contributed by atoms with Gasteiger partial charge >= 0.3 is 0 Å². The van der Waals surface area contributed by atoms with Gasteiger partial charge in [0.2, 0.25) is 0 Å². The van der Waals surface area contributed by atoms with E-state index in [9.17, 15) is 4.39 Å². The van der Waals surface area contributed by atoms with Gasteiger partial charge in [0.1, 0.15) is 24.0 Å². The standard InChI is InChI=1S/C23H25FN2O2S/c1-17-25-9-10-26(17)21-5-3-18(4-6-21)16-28-22-14-19(13-20(24)15-22)23(29-2)7-11-27-12-8-23/h3-6,9-10,13-15H,7-8,11-12,16H2,1-2H3. The van der Waals surface area contributed by atoms with Crippen LogP contribution in [-0.2, 0) is 16.1 Å². The minimum absolute atomic E-state index is 0.108. The minimum Gasteiger partial charge on any atom is -0.489 e. The van der Waals surface area contributed by atoms with Crippen molar-refractivity contribution in [3.8, 4) is 11.4 Å². The van der Waals surface area contributed by atoms with Crippen molar-refractivity contribution in [2.75, 3.05) is 19.5 Å². The molecule has 0 atom stereocenters. The van der Waals surface area contributed by atoms with Gasteiger partial charge in [-0.3, -0.25) is 0 Å². The second-order valence-corrected chi connectivity index (χ2v) is 8.48. The van der Waals surface area contributed by atoms with Crippen molar-refractivity contribution < 1.29 is 13.9 Å². The second-order valence-electron chi connectivity index (χ2n) is 7.29. The minimum atomic E-state index is -0.261. The molecular weight excluding hydrogens is 387 g/mol. The van der Waals surface area contributed by atoms with Crippen LogP contribution in [0.25, 0.3) is 5.69 Å². The maximum atomic E-state index is 14.3. The Kier molecular flexibility index (Phi) is 5.92. The molecular formula is C23H25FN2O2S. The number of aryl methyl sites for hydroxylation is 1. The molecule has 0 bridgehead atoms. The Morgan fingerprint density at radius 3 is 2.59 bits per heavy atom. The zero-order valence-electron chi connectivity index (χ0n) is 16.7. The van der Waals surface area contributed by atoms with Gasteiger partial charge in [0, 0.05) is 42.1 Å². The van der Waals surface area contributed by atoms with Crippen LogP contribution in [0.1, 0.15) is 29.8 Å². The number of imidazole rings is 1. The summed E-state index contributed by atoms with van der Waals surface area (Å²) in [5.74, 6) is 1.25. The van der Waals surface area contributed by atoms with Crippen LogP contribution in [0, 0.1) is 12.7 Å². The number of halogens is 1.